The number of carbonyl (C=O) groups excluding carboxylic acids is 2. The minimum Gasteiger partial charge on any atom is -0.461 e. The molecule has 0 saturated heterocycles. The van der Waals surface area contributed by atoms with Crippen molar-refractivity contribution >= 4 is 33.3 Å². The zero-order valence-corrected chi connectivity index (χ0v) is 13.7. The molecule has 0 spiro atoms. The van der Waals surface area contributed by atoms with Gasteiger partial charge in [-0.15, -0.1) is 0 Å². The number of carbonyl (C=O) groups is 2. The maximum absolute atomic E-state index is 12.5. The van der Waals surface area contributed by atoms with Crippen molar-refractivity contribution in [1.29, 1.82) is 0 Å². The topological polar surface area (TPSA) is 70.7 Å². The van der Waals surface area contributed by atoms with Crippen LogP contribution in [0.5, 0.6) is 0 Å². The predicted molar refractivity (Wildman–Crippen MR) is 83.8 cm³/mol. The SMILES string of the molecule is Cc1cc(Br)c2c(c1)[C@@](O)(CC(=O)c1ccco1)C(=O)N2C. The average Bonchev–Trinajstić information content (AvgIpc) is 3.03. The second-order valence-electron chi connectivity index (χ2n) is 5.44. The number of benzene rings is 1. The summed E-state index contributed by atoms with van der Waals surface area (Å²) in [6.45, 7) is 1.86. The summed E-state index contributed by atoms with van der Waals surface area (Å²) in [7, 11) is 1.58. The molecule has 0 fully saturated rings. The van der Waals surface area contributed by atoms with Crippen molar-refractivity contribution in [3.63, 3.8) is 0 Å². The van der Waals surface area contributed by atoms with Gasteiger partial charge in [0, 0.05) is 17.1 Å². The molecule has 1 aromatic heterocycles. The maximum Gasteiger partial charge on any atom is 0.263 e. The highest BCUT2D eigenvalue weighted by atomic mass is 79.9. The van der Waals surface area contributed by atoms with Crippen LogP contribution in [0, 0.1) is 6.92 Å². The number of nitrogens with zero attached hydrogens (tertiary/aromatic N) is 1. The largest absolute Gasteiger partial charge is 0.461 e. The first-order chi connectivity index (χ1) is 10.3. The van der Waals surface area contributed by atoms with Gasteiger partial charge in [0.2, 0.25) is 5.78 Å². The number of hydrogen-bond acceptors (Lipinski definition) is 4. The number of hydrogen-bond donors (Lipinski definition) is 1. The number of aliphatic hydroxyl groups is 1. The third-order valence-electron chi connectivity index (χ3n) is 3.86. The first-order valence-electron chi connectivity index (χ1n) is 6.72. The Morgan fingerprint density at radius 1 is 1.45 bits per heavy atom. The number of furan rings is 1. The average molecular weight is 364 g/mol. The van der Waals surface area contributed by atoms with E-state index in [9.17, 15) is 14.7 Å². The molecular formula is C16H14BrNO4. The van der Waals surface area contributed by atoms with Crippen molar-refractivity contribution in [3.8, 4) is 0 Å². The van der Waals surface area contributed by atoms with E-state index < -0.39 is 17.3 Å². The van der Waals surface area contributed by atoms with Crippen LogP contribution >= 0.6 is 15.9 Å². The molecule has 6 heteroatoms. The van der Waals surface area contributed by atoms with Gasteiger partial charge in [-0.3, -0.25) is 9.59 Å². The number of halogens is 1. The molecule has 2 heterocycles. The lowest BCUT2D eigenvalue weighted by molar-refractivity contribution is -0.135. The molecule has 3 rings (SSSR count). The van der Waals surface area contributed by atoms with Crippen molar-refractivity contribution in [2.45, 2.75) is 18.9 Å². The molecule has 1 aliphatic rings. The molecule has 22 heavy (non-hydrogen) atoms. The molecule has 0 bridgehead atoms. The van der Waals surface area contributed by atoms with Gasteiger partial charge >= 0.3 is 0 Å². The van der Waals surface area contributed by atoms with Crippen LogP contribution in [0.15, 0.2) is 39.4 Å². The van der Waals surface area contributed by atoms with Crippen molar-refractivity contribution in [2.24, 2.45) is 0 Å². The van der Waals surface area contributed by atoms with E-state index in [1.54, 1.807) is 19.2 Å². The van der Waals surface area contributed by atoms with Crippen molar-refractivity contribution in [1.82, 2.24) is 0 Å². The van der Waals surface area contributed by atoms with Crippen LogP contribution in [0.25, 0.3) is 0 Å². The summed E-state index contributed by atoms with van der Waals surface area (Å²) < 4.78 is 5.76. The zero-order valence-electron chi connectivity index (χ0n) is 12.1. The van der Waals surface area contributed by atoms with Gasteiger partial charge < -0.3 is 14.4 Å². The smallest absolute Gasteiger partial charge is 0.263 e. The van der Waals surface area contributed by atoms with E-state index in [-0.39, 0.29) is 12.2 Å². The van der Waals surface area contributed by atoms with Gasteiger partial charge in [0.25, 0.3) is 5.91 Å². The van der Waals surface area contributed by atoms with Crippen LogP contribution in [0.1, 0.15) is 28.1 Å². The molecule has 1 atom stereocenters. The standard InChI is InChI=1S/C16H14BrNO4/c1-9-6-10-14(11(17)7-9)18(2)15(20)16(10,21)8-12(19)13-4-3-5-22-13/h3-7,21H,8H2,1-2H3/t16-/m0/s1. The van der Waals surface area contributed by atoms with E-state index in [1.165, 1.54) is 17.2 Å². The molecule has 114 valence electrons. The second-order valence-corrected chi connectivity index (χ2v) is 6.30. The molecule has 1 aromatic carbocycles. The van der Waals surface area contributed by atoms with Crippen LogP contribution in [-0.2, 0) is 10.4 Å². The summed E-state index contributed by atoms with van der Waals surface area (Å²) >= 11 is 3.41. The molecule has 2 aromatic rings. The lowest BCUT2D eigenvalue weighted by atomic mass is 9.88. The number of fused-ring (bicyclic) bond motifs is 1. The third-order valence-corrected chi connectivity index (χ3v) is 4.46. The normalized spacial score (nSPS) is 20.4. The Balaban J connectivity index is 2.08. The lowest BCUT2D eigenvalue weighted by Crippen LogP contribution is -2.40. The Labute approximate surface area is 135 Å². The van der Waals surface area contributed by atoms with Crippen LogP contribution in [-0.4, -0.2) is 23.8 Å². The Morgan fingerprint density at radius 2 is 2.18 bits per heavy atom. The monoisotopic (exact) mass is 363 g/mol. The molecule has 1 amide bonds. The molecule has 5 nitrogen and oxygen atoms in total. The van der Waals surface area contributed by atoms with Gasteiger partial charge in [-0.25, -0.2) is 0 Å². The summed E-state index contributed by atoms with van der Waals surface area (Å²) in [5.41, 5.74) is 0.0393. The number of anilines is 1. The van der Waals surface area contributed by atoms with Crippen molar-refractivity contribution in [3.05, 3.63) is 51.9 Å². The van der Waals surface area contributed by atoms with Crippen LogP contribution < -0.4 is 4.90 Å². The minimum absolute atomic E-state index is 0.129. The molecule has 0 unspecified atom stereocenters. The van der Waals surface area contributed by atoms with E-state index in [0.717, 1.165) is 5.56 Å². The van der Waals surface area contributed by atoms with E-state index in [2.05, 4.69) is 15.9 Å². The fourth-order valence-electron chi connectivity index (χ4n) is 2.81. The van der Waals surface area contributed by atoms with Gasteiger partial charge in [-0.1, -0.05) is 6.07 Å². The summed E-state index contributed by atoms with van der Waals surface area (Å²) in [5.74, 6) is -0.808. The summed E-state index contributed by atoms with van der Waals surface area (Å²) in [4.78, 5) is 26.2. The second kappa shape index (κ2) is 5.07. The van der Waals surface area contributed by atoms with E-state index in [4.69, 9.17) is 4.42 Å². The van der Waals surface area contributed by atoms with Gasteiger partial charge in [0.1, 0.15) is 0 Å². The quantitative estimate of drug-likeness (QED) is 0.851. The number of rotatable bonds is 3. The summed E-state index contributed by atoms with van der Waals surface area (Å²) in [5, 5.41) is 10.9. The van der Waals surface area contributed by atoms with Gasteiger partial charge in [0.05, 0.1) is 18.4 Å². The van der Waals surface area contributed by atoms with E-state index in [0.29, 0.717) is 15.7 Å². The number of likely N-dealkylation sites (N-methyl/N-ethyl adjacent to an activating group) is 1. The highest BCUT2D eigenvalue weighted by Crippen LogP contribution is 2.46. The third kappa shape index (κ3) is 2.10. The molecular weight excluding hydrogens is 350 g/mol. The zero-order chi connectivity index (χ0) is 16.1. The number of amides is 1. The molecule has 0 radical (unpaired) electrons. The van der Waals surface area contributed by atoms with Crippen molar-refractivity contribution in [2.75, 3.05) is 11.9 Å². The van der Waals surface area contributed by atoms with Gasteiger partial charge in [-0.2, -0.15) is 0 Å². The fourth-order valence-corrected chi connectivity index (χ4v) is 3.65. The van der Waals surface area contributed by atoms with E-state index in [1.807, 2.05) is 13.0 Å². The summed E-state index contributed by atoms with van der Waals surface area (Å²) in [6.07, 6.45) is 1.03. The lowest BCUT2D eigenvalue weighted by Gasteiger charge is -2.20. The Kier molecular flexibility index (Phi) is 3.45. The number of Topliss-reactive ketones (excluding diaryl/α,β-unsaturated/α-hetero) is 1. The Hall–Kier alpha value is -1.92. The van der Waals surface area contributed by atoms with Gasteiger partial charge in [0.15, 0.2) is 11.4 Å². The number of aryl methyl sites for hydroxylation is 1. The van der Waals surface area contributed by atoms with Crippen molar-refractivity contribution < 1.29 is 19.1 Å². The molecule has 1 N–H and O–H groups in total. The Morgan fingerprint density at radius 3 is 2.82 bits per heavy atom. The highest BCUT2D eigenvalue weighted by Gasteiger charge is 2.50. The molecule has 1 aliphatic heterocycles. The first kappa shape index (κ1) is 15.0. The predicted octanol–water partition coefficient (Wildman–Crippen LogP) is 2.79. The minimum atomic E-state index is -1.87. The first-order valence-corrected chi connectivity index (χ1v) is 7.52. The van der Waals surface area contributed by atoms with Crippen LogP contribution in [0.4, 0.5) is 5.69 Å². The highest BCUT2D eigenvalue weighted by molar-refractivity contribution is 9.10. The summed E-state index contributed by atoms with van der Waals surface area (Å²) in [6, 6.07) is 6.70. The molecule has 0 aliphatic carbocycles. The Bertz CT molecular complexity index is 769. The van der Waals surface area contributed by atoms with Crippen LogP contribution in [0.2, 0.25) is 0 Å². The van der Waals surface area contributed by atoms with E-state index >= 15 is 0 Å². The van der Waals surface area contributed by atoms with Gasteiger partial charge in [-0.05, 0) is 46.6 Å². The fraction of sp³-hybridized carbons (Fsp3) is 0.250. The maximum atomic E-state index is 12.5. The molecule has 0 saturated carbocycles. The van der Waals surface area contributed by atoms with Crippen LogP contribution in [0.3, 0.4) is 0 Å². The number of ketones is 1.